The van der Waals surface area contributed by atoms with E-state index >= 15 is 0 Å². The van der Waals surface area contributed by atoms with Gasteiger partial charge in [-0.15, -0.1) is 0 Å². The Balaban J connectivity index is 0.995. The SMILES string of the molecule is c1ccc2cc(-c3ccc(-c4ccc5c(c4)c(-c4ccc(-c6ccc7ccccc7c6)cc4)cn5-c4ccc(-c5cccc6ccccc56)c5ccccc45)cc3)ccc2c1. The Labute approximate surface area is 355 Å². The molecule has 1 heteroatoms. The van der Waals surface area contributed by atoms with Crippen molar-refractivity contribution in [3.05, 3.63) is 237 Å². The summed E-state index contributed by atoms with van der Waals surface area (Å²) in [5.74, 6) is 0. The summed E-state index contributed by atoms with van der Waals surface area (Å²) in [4.78, 5) is 0. The predicted molar refractivity (Wildman–Crippen MR) is 260 cm³/mol. The van der Waals surface area contributed by atoms with Crippen LogP contribution in [0.4, 0.5) is 0 Å². The van der Waals surface area contributed by atoms with Crippen molar-refractivity contribution >= 4 is 54.0 Å². The molecule has 0 bridgehead atoms. The van der Waals surface area contributed by atoms with E-state index in [0.717, 1.165) is 5.69 Å². The van der Waals surface area contributed by atoms with Crippen LogP contribution < -0.4 is 0 Å². The Morgan fingerprint density at radius 2 is 0.689 bits per heavy atom. The lowest BCUT2D eigenvalue weighted by Crippen LogP contribution is -1.95. The van der Waals surface area contributed by atoms with E-state index in [9.17, 15) is 0 Å². The van der Waals surface area contributed by atoms with E-state index in [4.69, 9.17) is 0 Å². The molecule has 1 aromatic heterocycles. The number of nitrogens with zero attached hydrogens (tertiary/aromatic N) is 1. The first-order chi connectivity index (χ1) is 30.2. The summed E-state index contributed by atoms with van der Waals surface area (Å²) in [5, 5.41) is 11.2. The van der Waals surface area contributed by atoms with Crippen LogP contribution in [0.25, 0.3) is 115 Å². The summed E-state index contributed by atoms with van der Waals surface area (Å²) < 4.78 is 2.41. The highest BCUT2D eigenvalue weighted by Gasteiger charge is 2.17. The third kappa shape index (κ3) is 6.10. The number of aromatic nitrogens is 1. The molecule has 1 nitrogen and oxygen atoms in total. The average Bonchev–Trinajstić information content (AvgIpc) is 3.72. The number of rotatable bonds is 6. The number of fused-ring (bicyclic) bond motifs is 5. The van der Waals surface area contributed by atoms with Gasteiger partial charge in [-0.25, -0.2) is 0 Å². The lowest BCUT2D eigenvalue weighted by molar-refractivity contribution is 1.14. The molecule has 284 valence electrons. The Bertz CT molecular complexity index is 3620. The minimum absolute atomic E-state index is 1.16. The van der Waals surface area contributed by atoms with Crippen molar-refractivity contribution in [3.63, 3.8) is 0 Å². The topological polar surface area (TPSA) is 4.93 Å². The summed E-state index contributed by atoms with van der Waals surface area (Å²) in [6.45, 7) is 0. The fourth-order valence-electron chi connectivity index (χ4n) is 9.46. The molecule has 0 spiro atoms. The van der Waals surface area contributed by atoms with Crippen molar-refractivity contribution in [2.45, 2.75) is 0 Å². The van der Waals surface area contributed by atoms with Gasteiger partial charge in [0.05, 0.1) is 11.2 Å². The quantitative estimate of drug-likeness (QED) is 0.159. The highest BCUT2D eigenvalue weighted by molar-refractivity contribution is 6.09. The van der Waals surface area contributed by atoms with Crippen LogP contribution in [0.1, 0.15) is 0 Å². The van der Waals surface area contributed by atoms with Gasteiger partial charge in [-0.3, -0.25) is 0 Å². The Hall–Kier alpha value is -8.00. The van der Waals surface area contributed by atoms with Crippen LogP contribution in [-0.2, 0) is 0 Å². The molecular formula is C60H39N. The largest absolute Gasteiger partial charge is 0.315 e. The van der Waals surface area contributed by atoms with Crippen LogP contribution in [0.3, 0.4) is 0 Å². The normalized spacial score (nSPS) is 11.6. The molecule has 0 aliphatic heterocycles. The van der Waals surface area contributed by atoms with Crippen molar-refractivity contribution in [2.24, 2.45) is 0 Å². The standard InChI is InChI=1S/C60H39N/c1-3-13-47-36-49(30-26-40(47)10-1)42-20-22-44(23-21-42)51-32-34-60-57(38-51)58(46-28-24-43(25-29-46)50-31-27-41-11-2-4-14-48(41)37-50)39-61(60)59-35-33-55(54-17-7-8-18-56(54)59)53-19-9-15-45-12-5-6-16-52(45)53/h1-39H. The lowest BCUT2D eigenvalue weighted by Gasteiger charge is -2.15. The fourth-order valence-corrected chi connectivity index (χ4v) is 9.46. The summed E-state index contributed by atoms with van der Waals surface area (Å²) >= 11 is 0. The van der Waals surface area contributed by atoms with E-state index in [2.05, 4.69) is 241 Å². The molecular weight excluding hydrogens is 735 g/mol. The molecule has 1 heterocycles. The molecule has 0 N–H and O–H groups in total. The van der Waals surface area contributed by atoms with Gasteiger partial charge in [0.15, 0.2) is 0 Å². The second kappa shape index (κ2) is 14.4. The minimum Gasteiger partial charge on any atom is -0.315 e. The van der Waals surface area contributed by atoms with Crippen LogP contribution in [0, 0.1) is 0 Å². The number of hydrogen-bond donors (Lipinski definition) is 0. The Morgan fingerprint density at radius 1 is 0.230 bits per heavy atom. The summed E-state index contributed by atoms with van der Waals surface area (Å²) in [6, 6.07) is 84.5. The van der Waals surface area contributed by atoms with Gasteiger partial charge in [-0.1, -0.05) is 200 Å². The molecule has 0 unspecified atom stereocenters. The van der Waals surface area contributed by atoms with Gasteiger partial charge in [-0.05, 0) is 118 Å². The number of benzene rings is 11. The van der Waals surface area contributed by atoms with E-state index < -0.39 is 0 Å². The molecule has 12 rings (SSSR count). The first kappa shape index (κ1) is 35.0. The van der Waals surface area contributed by atoms with Crippen LogP contribution in [0.2, 0.25) is 0 Å². The predicted octanol–water partition coefficient (Wildman–Crippen LogP) is 16.6. The second-order valence-corrected chi connectivity index (χ2v) is 16.1. The zero-order valence-corrected chi connectivity index (χ0v) is 33.5. The van der Waals surface area contributed by atoms with Gasteiger partial charge in [0.2, 0.25) is 0 Å². The second-order valence-electron chi connectivity index (χ2n) is 16.1. The summed E-state index contributed by atoms with van der Waals surface area (Å²) in [7, 11) is 0. The molecule has 0 radical (unpaired) electrons. The first-order valence-corrected chi connectivity index (χ1v) is 21.1. The molecule has 0 fully saturated rings. The third-order valence-electron chi connectivity index (χ3n) is 12.6. The molecule has 12 aromatic rings. The third-order valence-corrected chi connectivity index (χ3v) is 12.6. The maximum atomic E-state index is 2.41. The maximum absolute atomic E-state index is 2.41. The average molecular weight is 774 g/mol. The van der Waals surface area contributed by atoms with E-state index in [1.165, 1.54) is 110 Å². The summed E-state index contributed by atoms with van der Waals surface area (Å²) in [6.07, 6.45) is 2.35. The highest BCUT2D eigenvalue weighted by atomic mass is 15.0. The van der Waals surface area contributed by atoms with Gasteiger partial charge >= 0.3 is 0 Å². The van der Waals surface area contributed by atoms with Crippen molar-refractivity contribution in [1.82, 2.24) is 4.57 Å². The van der Waals surface area contributed by atoms with Crippen LogP contribution in [0.5, 0.6) is 0 Å². The molecule has 0 amide bonds. The van der Waals surface area contributed by atoms with Gasteiger partial charge in [-0.2, -0.15) is 0 Å². The molecule has 0 saturated carbocycles. The molecule has 0 saturated heterocycles. The molecule has 0 aliphatic carbocycles. The van der Waals surface area contributed by atoms with Crippen LogP contribution >= 0.6 is 0 Å². The zero-order chi connectivity index (χ0) is 40.3. The minimum atomic E-state index is 1.16. The van der Waals surface area contributed by atoms with Crippen LogP contribution in [-0.4, -0.2) is 4.57 Å². The van der Waals surface area contributed by atoms with E-state index in [-0.39, 0.29) is 0 Å². The van der Waals surface area contributed by atoms with Gasteiger partial charge in [0.1, 0.15) is 0 Å². The fraction of sp³-hybridized carbons (Fsp3) is 0. The first-order valence-electron chi connectivity index (χ1n) is 21.1. The van der Waals surface area contributed by atoms with Gasteiger partial charge < -0.3 is 4.57 Å². The molecule has 0 atom stereocenters. The maximum Gasteiger partial charge on any atom is 0.0535 e. The van der Waals surface area contributed by atoms with Gasteiger partial charge in [0.25, 0.3) is 0 Å². The lowest BCUT2D eigenvalue weighted by atomic mass is 9.93. The van der Waals surface area contributed by atoms with Crippen molar-refractivity contribution in [1.29, 1.82) is 0 Å². The molecule has 61 heavy (non-hydrogen) atoms. The van der Waals surface area contributed by atoms with E-state index in [1.54, 1.807) is 0 Å². The van der Waals surface area contributed by atoms with E-state index in [1.807, 2.05) is 0 Å². The van der Waals surface area contributed by atoms with E-state index in [0.29, 0.717) is 0 Å². The smallest absolute Gasteiger partial charge is 0.0535 e. The monoisotopic (exact) mass is 773 g/mol. The van der Waals surface area contributed by atoms with Crippen molar-refractivity contribution < 1.29 is 0 Å². The highest BCUT2D eigenvalue weighted by Crippen LogP contribution is 2.41. The molecule has 11 aromatic carbocycles. The Morgan fingerprint density at radius 3 is 1.33 bits per heavy atom. The summed E-state index contributed by atoms with van der Waals surface area (Å²) in [5.41, 5.74) is 14.5. The zero-order valence-electron chi connectivity index (χ0n) is 33.5. The van der Waals surface area contributed by atoms with Gasteiger partial charge in [0, 0.05) is 22.5 Å². The van der Waals surface area contributed by atoms with Crippen molar-refractivity contribution in [3.8, 4) is 61.3 Å². The number of hydrogen-bond acceptors (Lipinski definition) is 0. The Kier molecular flexibility index (Phi) is 8.25. The van der Waals surface area contributed by atoms with Crippen LogP contribution in [0.15, 0.2) is 237 Å². The molecule has 0 aliphatic rings. The van der Waals surface area contributed by atoms with Crippen molar-refractivity contribution in [2.75, 3.05) is 0 Å².